The number of fused-ring (bicyclic) bond motifs is 1. The molecule has 8 heteroatoms. The van der Waals surface area contributed by atoms with E-state index in [0.717, 1.165) is 16.8 Å². The topological polar surface area (TPSA) is 87.1 Å². The first-order valence-electron chi connectivity index (χ1n) is 12.5. The largest absolute Gasteiger partial charge is 0.465 e. The summed E-state index contributed by atoms with van der Waals surface area (Å²) in [4.78, 5) is 44.8. The third-order valence-electron chi connectivity index (χ3n) is 7.90. The number of ether oxygens (including phenoxy) is 1. The number of anilines is 1. The van der Waals surface area contributed by atoms with Crippen LogP contribution in [0.5, 0.6) is 0 Å². The number of likely N-dealkylation sites (tertiary alicyclic amines) is 1. The second kappa shape index (κ2) is 10.1. The molecule has 2 bridgehead atoms. The zero-order valence-corrected chi connectivity index (χ0v) is 22.2. The first kappa shape index (κ1) is 26.5. The zero-order chi connectivity index (χ0) is 26.3. The van der Waals surface area contributed by atoms with Gasteiger partial charge in [-0.1, -0.05) is 24.3 Å². The summed E-state index contributed by atoms with van der Waals surface area (Å²) in [6.07, 6.45) is 5.27. The molecule has 2 unspecified atom stereocenters. The predicted molar refractivity (Wildman–Crippen MR) is 142 cm³/mol. The molecule has 3 aliphatic rings. The maximum atomic E-state index is 14.4. The molecule has 3 heterocycles. The van der Waals surface area contributed by atoms with Crippen LogP contribution < -0.4 is 4.90 Å². The number of esters is 1. The molecule has 3 fully saturated rings. The number of β-amino-alcohol motifs (C(OH)–C–C–N with tert-alkyl or cyclic N) is 1. The van der Waals surface area contributed by atoms with E-state index in [1.54, 1.807) is 28.8 Å². The van der Waals surface area contributed by atoms with Gasteiger partial charge in [0, 0.05) is 23.5 Å². The molecule has 3 aliphatic heterocycles. The molecule has 2 amide bonds. The van der Waals surface area contributed by atoms with E-state index in [4.69, 9.17) is 4.74 Å². The van der Waals surface area contributed by atoms with Crippen molar-refractivity contribution >= 4 is 35.2 Å². The van der Waals surface area contributed by atoms with Crippen LogP contribution >= 0.6 is 11.8 Å². The number of rotatable bonds is 10. The van der Waals surface area contributed by atoms with Gasteiger partial charge in [0.05, 0.1) is 29.8 Å². The number of carbonyl (C=O) groups excluding carboxylic acids is 3. The fourth-order valence-electron chi connectivity index (χ4n) is 6.34. The minimum atomic E-state index is -0.792. The van der Waals surface area contributed by atoms with Gasteiger partial charge >= 0.3 is 5.97 Å². The fourth-order valence-corrected chi connectivity index (χ4v) is 8.68. The van der Waals surface area contributed by atoms with Crippen LogP contribution in [-0.4, -0.2) is 69.6 Å². The summed E-state index contributed by atoms with van der Waals surface area (Å²) in [7, 11) is 0. The van der Waals surface area contributed by atoms with Crippen LogP contribution in [0, 0.1) is 25.7 Å². The maximum Gasteiger partial charge on any atom is 0.311 e. The quantitative estimate of drug-likeness (QED) is 0.294. The third kappa shape index (κ3) is 4.08. The van der Waals surface area contributed by atoms with E-state index in [2.05, 4.69) is 13.2 Å². The number of carbonyl (C=O) groups is 3. The third-order valence-corrected chi connectivity index (χ3v) is 9.89. The van der Waals surface area contributed by atoms with Crippen LogP contribution in [0.4, 0.5) is 5.69 Å². The average Bonchev–Trinajstić information content (AvgIpc) is 3.40. The Morgan fingerprint density at radius 2 is 2.03 bits per heavy atom. The molecule has 7 nitrogen and oxygen atoms in total. The number of hydrogen-bond acceptors (Lipinski definition) is 6. The van der Waals surface area contributed by atoms with Crippen molar-refractivity contribution in [1.29, 1.82) is 0 Å². The van der Waals surface area contributed by atoms with Crippen LogP contribution in [0.25, 0.3) is 0 Å². The lowest BCUT2D eigenvalue weighted by molar-refractivity contribution is -0.155. The monoisotopic (exact) mass is 512 g/mol. The lowest BCUT2D eigenvalue weighted by atomic mass is 9.66. The van der Waals surface area contributed by atoms with Crippen LogP contribution in [-0.2, 0) is 19.1 Å². The van der Waals surface area contributed by atoms with Gasteiger partial charge in [-0.15, -0.1) is 24.9 Å². The van der Waals surface area contributed by atoms with E-state index in [1.807, 2.05) is 39.0 Å². The molecule has 3 saturated heterocycles. The number of amides is 2. The summed E-state index contributed by atoms with van der Waals surface area (Å²) >= 11 is 1.60. The number of aliphatic hydroxyl groups excluding tert-OH is 1. The molecule has 1 spiro atoms. The van der Waals surface area contributed by atoms with Gasteiger partial charge in [-0.05, 0) is 57.2 Å². The van der Waals surface area contributed by atoms with Crippen LogP contribution in [0.1, 0.15) is 37.3 Å². The van der Waals surface area contributed by atoms with E-state index in [-0.39, 0.29) is 44.1 Å². The summed E-state index contributed by atoms with van der Waals surface area (Å²) in [5, 5.41) is 9.84. The normalized spacial score (nSPS) is 30.3. The van der Waals surface area contributed by atoms with E-state index in [0.29, 0.717) is 19.3 Å². The van der Waals surface area contributed by atoms with Crippen molar-refractivity contribution in [3.63, 3.8) is 0 Å². The fraction of sp³-hybridized carbons (Fsp3) is 0.536. The summed E-state index contributed by atoms with van der Waals surface area (Å²) in [6, 6.07) is 5.16. The van der Waals surface area contributed by atoms with Gasteiger partial charge in [0.15, 0.2) is 0 Å². The number of aryl methyl sites for hydroxylation is 2. The highest BCUT2D eigenvalue weighted by Gasteiger charge is 2.77. The van der Waals surface area contributed by atoms with Gasteiger partial charge in [0.1, 0.15) is 6.04 Å². The molecule has 0 aliphatic carbocycles. The highest BCUT2D eigenvalue weighted by Crippen LogP contribution is 2.71. The minimum Gasteiger partial charge on any atom is -0.465 e. The Labute approximate surface area is 217 Å². The summed E-state index contributed by atoms with van der Waals surface area (Å²) in [5.41, 5.74) is 2.75. The highest BCUT2D eigenvalue weighted by molar-refractivity contribution is 8.02. The molecule has 4 rings (SSSR count). The Morgan fingerprint density at radius 1 is 1.28 bits per heavy atom. The van der Waals surface area contributed by atoms with Gasteiger partial charge < -0.3 is 19.6 Å². The molecule has 1 aromatic rings. The molecule has 194 valence electrons. The van der Waals surface area contributed by atoms with E-state index in [9.17, 15) is 19.5 Å². The van der Waals surface area contributed by atoms with Crippen LogP contribution in [0.3, 0.4) is 0 Å². The summed E-state index contributed by atoms with van der Waals surface area (Å²) in [5.74, 6) is -2.14. The number of benzene rings is 1. The van der Waals surface area contributed by atoms with Gasteiger partial charge in [-0.25, -0.2) is 0 Å². The molecular formula is C28H36N2O5S. The Hall–Kier alpha value is -2.58. The van der Waals surface area contributed by atoms with Crippen molar-refractivity contribution in [2.45, 2.75) is 55.6 Å². The van der Waals surface area contributed by atoms with Gasteiger partial charge in [0.25, 0.3) is 5.91 Å². The Kier molecular flexibility index (Phi) is 7.40. The van der Waals surface area contributed by atoms with Crippen molar-refractivity contribution < 1.29 is 24.2 Å². The Balaban J connectivity index is 1.77. The Bertz CT molecular complexity index is 1090. The standard InChI is InChI=1S/C28H36N2O5S/c1-6-8-16-35-26(34)22-21-24(32)30(14-15-31)23(28(21)12-11-27(22,5)36-28)25(33)29(13-7-2)20-17-18(3)9-10-19(20)4/h6-7,9-10,17,21-23,31H,1-2,8,11-16H2,3-5H3/t21-,22+,23?,27-,28?/m0/s1. The lowest BCUT2D eigenvalue weighted by Crippen LogP contribution is -2.55. The second-order valence-corrected chi connectivity index (χ2v) is 12.2. The van der Waals surface area contributed by atoms with Crippen molar-refractivity contribution in [2.75, 3.05) is 31.2 Å². The van der Waals surface area contributed by atoms with Crippen molar-refractivity contribution in [3.05, 3.63) is 54.6 Å². The molecule has 0 aromatic heterocycles. The maximum absolute atomic E-state index is 14.4. The first-order valence-corrected chi connectivity index (χ1v) is 13.4. The molecule has 1 aromatic carbocycles. The first-order chi connectivity index (χ1) is 17.1. The molecule has 36 heavy (non-hydrogen) atoms. The van der Waals surface area contributed by atoms with Crippen molar-refractivity contribution in [2.24, 2.45) is 11.8 Å². The number of thioether (sulfide) groups is 1. The highest BCUT2D eigenvalue weighted by atomic mass is 32.2. The van der Waals surface area contributed by atoms with Gasteiger partial charge in [-0.3, -0.25) is 14.4 Å². The molecular weight excluding hydrogens is 476 g/mol. The lowest BCUT2D eigenvalue weighted by Gasteiger charge is -2.37. The summed E-state index contributed by atoms with van der Waals surface area (Å²) in [6.45, 7) is 13.8. The molecule has 0 saturated carbocycles. The Morgan fingerprint density at radius 3 is 2.69 bits per heavy atom. The van der Waals surface area contributed by atoms with Crippen molar-refractivity contribution in [3.8, 4) is 0 Å². The van der Waals surface area contributed by atoms with Crippen LogP contribution in [0.15, 0.2) is 43.5 Å². The SMILES string of the molecule is C=CCCOC(=O)[C@H]1[C@H]2C(=O)N(CCO)C(C(=O)N(CC=C)c3cc(C)ccc3C)C23CC[C@]1(C)S3. The second-order valence-electron chi connectivity index (χ2n) is 10.3. The minimum absolute atomic E-state index is 0.0394. The molecule has 5 atom stereocenters. The van der Waals surface area contributed by atoms with E-state index < -0.39 is 27.4 Å². The number of nitrogens with zero attached hydrogens (tertiary/aromatic N) is 2. The predicted octanol–water partition coefficient (Wildman–Crippen LogP) is 3.42. The smallest absolute Gasteiger partial charge is 0.311 e. The average molecular weight is 513 g/mol. The van der Waals surface area contributed by atoms with E-state index in [1.165, 1.54) is 4.90 Å². The van der Waals surface area contributed by atoms with Crippen LogP contribution in [0.2, 0.25) is 0 Å². The van der Waals surface area contributed by atoms with Gasteiger partial charge in [-0.2, -0.15) is 0 Å². The van der Waals surface area contributed by atoms with E-state index >= 15 is 0 Å². The van der Waals surface area contributed by atoms with Gasteiger partial charge in [0.2, 0.25) is 5.91 Å². The van der Waals surface area contributed by atoms with Crippen molar-refractivity contribution in [1.82, 2.24) is 4.90 Å². The summed E-state index contributed by atoms with van der Waals surface area (Å²) < 4.78 is 4.32. The number of hydrogen-bond donors (Lipinski definition) is 1. The molecule has 0 radical (unpaired) electrons. The number of aliphatic hydroxyl groups is 1. The zero-order valence-electron chi connectivity index (χ0n) is 21.4. The molecule has 1 N–H and O–H groups in total.